The highest BCUT2D eigenvalue weighted by Gasteiger charge is 2.24. The molecule has 18 heteroatoms. The monoisotopic (exact) mass is 810 g/mol. The Hall–Kier alpha value is -4.29. The van der Waals surface area contributed by atoms with Gasteiger partial charge in [0.1, 0.15) is 47.9 Å². The molecule has 1 saturated carbocycles. The molecule has 0 saturated heterocycles. The van der Waals surface area contributed by atoms with Crippen LogP contribution in [0.1, 0.15) is 123 Å². The van der Waals surface area contributed by atoms with Gasteiger partial charge in [0.25, 0.3) is 0 Å². The molecule has 55 heavy (non-hydrogen) atoms. The third-order valence-corrected chi connectivity index (χ3v) is 10.5. The maximum atomic E-state index is 12.0. The van der Waals surface area contributed by atoms with Crippen LogP contribution in [0.4, 0.5) is 0 Å². The molecule has 0 aromatic carbocycles. The van der Waals surface area contributed by atoms with Crippen molar-refractivity contribution in [2.45, 2.75) is 138 Å². The SMILES string of the molecule is CCCCCn1c(=O)[nH]c(=S)c2[nH]c(CC)nc21.CCCCc1nc2c([nH]1)c(=S)[nH]c(=O)n2CC(C)C.CCCn1c(=O)[nH]c(=S)c2[nH]c(C3CCC3)nc21. The first-order chi connectivity index (χ1) is 26.4. The molecule has 0 spiro atoms. The lowest BCUT2D eigenvalue weighted by molar-refractivity contribution is 0.404. The lowest BCUT2D eigenvalue weighted by Gasteiger charge is -2.22. The summed E-state index contributed by atoms with van der Waals surface area (Å²) in [5.41, 5.74) is 3.86. The molecule has 0 aliphatic heterocycles. The fraction of sp³-hybridized carbons (Fsp3) is 0.595. The van der Waals surface area contributed by atoms with E-state index >= 15 is 0 Å². The van der Waals surface area contributed by atoms with Crippen molar-refractivity contribution in [3.8, 4) is 0 Å². The van der Waals surface area contributed by atoms with Crippen LogP contribution in [-0.2, 0) is 32.5 Å². The van der Waals surface area contributed by atoms with Crippen molar-refractivity contribution in [1.82, 2.24) is 58.6 Å². The van der Waals surface area contributed by atoms with Gasteiger partial charge in [0.05, 0.1) is 0 Å². The van der Waals surface area contributed by atoms with E-state index in [0.29, 0.717) is 62.3 Å². The van der Waals surface area contributed by atoms with Crippen LogP contribution in [0, 0.1) is 19.8 Å². The van der Waals surface area contributed by atoms with Crippen molar-refractivity contribution in [3.05, 3.63) is 62.8 Å². The van der Waals surface area contributed by atoms with Gasteiger partial charge in [0, 0.05) is 38.4 Å². The van der Waals surface area contributed by atoms with Gasteiger partial charge in [-0.05, 0) is 38.0 Å². The molecule has 1 aliphatic carbocycles. The number of rotatable bonds is 13. The number of nitrogens with one attached hydrogen (secondary N) is 6. The number of H-pyrrole nitrogens is 6. The van der Waals surface area contributed by atoms with Crippen molar-refractivity contribution in [1.29, 1.82) is 0 Å². The molecule has 6 N–H and O–H groups in total. The van der Waals surface area contributed by atoms with E-state index in [9.17, 15) is 14.4 Å². The van der Waals surface area contributed by atoms with Gasteiger partial charge >= 0.3 is 17.1 Å². The average molecular weight is 811 g/mol. The molecule has 298 valence electrons. The summed E-state index contributed by atoms with van der Waals surface area (Å²) in [5.74, 6) is 3.63. The average Bonchev–Trinajstić information content (AvgIpc) is 3.87. The van der Waals surface area contributed by atoms with Crippen LogP contribution in [0.5, 0.6) is 0 Å². The summed E-state index contributed by atoms with van der Waals surface area (Å²) in [6, 6.07) is 0. The maximum absolute atomic E-state index is 12.0. The van der Waals surface area contributed by atoms with Crippen LogP contribution < -0.4 is 17.1 Å². The Kier molecular flexibility index (Phi) is 14.5. The highest BCUT2D eigenvalue weighted by Crippen LogP contribution is 2.35. The highest BCUT2D eigenvalue weighted by atomic mass is 32.1. The molecule has 1 fully saturated rings. The summed E-state index contributed by atoms with van der Waals surface area (Å²) < 4.78 is 6.35. The molecule has 0 unspecified atom stereocenters. The molecule has 0 atom stereocenters. The summed E-state index contributed by atoms with van der Waals surface area (Å²) in [5, 5.41) is 0. The van der Waals surface area contributed by atoms with Crippen LogP contribution >= 0.6 is 36.7 Å². The number of hydrogen-bond acceptors (Lipinski definition) is 9. The quantitative estimate of drug-likeness (QED) is 0.0498. The second kappa shape index (κ2) is 19.0. The van der Waals surface area contributed by atoms with Crippen molar-refractivity contribution >= 4 is 70.1 Å². The molecule has 6 aromatic rings. The minimum atomic E-state index is -0.181. The van der Waals surface area contributed by atoms with Gasteiger partial charge in [0.15, 0.2) is 16.9 Å². The Bertz CT molecular complexity index is 2580. The first kappa shape index (κ1) is 41.9. The highest BCUT2D eigenvalue weighted by molar-refractivity contribution is 7.72. The second-order valence-corrected chi connectivity index (χ2v) is 15.7. The van der Waals surface area contributed by atoms with E-state index < -0.39 is 0 Å². The van der Waals surface area contributed by atoms with E-state index in [1.165, 1.54) is 19.3 Å². The van der Waals surface area contributed by atoms with E-state index in [4.69, 9.17) is 36.7 Å². The van der Waals surface area contributed by atoms with Crippen molar-refractivity contribution in [2.75, 3.05) is 0 Å². The van der Waals surface area contributed by atoms with Gasteiger partial charge in [-0.2, -0.15) is 0 Å². The minimum absolute atomic E-state index is 0.166. The Morgan fingerprint density at radius 2 is 1.13 bits per heavy atom. The first-order valence-corrected chi connectivity index (χ1v) is 20.8. The van der Waals surface area contributed by atoms with Gasteiger partial charge in [-0.3, -0.25) is 28.7 Å². The number of nitrogens with zero attached hydrogens (tertiary/aromatic N) is 6. The van der Waals surface area contributed by atoms with E-state index in [0.717, 1.165) is 85.4 Å². The van der Waals surface area contributed by atoms with Crippen LogP contribution in [0.15, 0.2) is 14.4 Å². The van der Waals surface area contributed by atoms with Gasteiger partial charge in [-0.15, -0.1) is 0 Å². The molecule has 7 rings (SSSR count). The van der Waals surface area contributed by atoms with Crippen LogP contribution in [-0.4, -0.2) is 58.6 Å². The molecule has 0 amide bonds. The summed E-state index contributed by atoms with van der Waals surface area (Å²) in [6.07, 6.45) is 11.6. The summed E-state index contributed by atoms with van der Waals surface area (Å²) >= 11 is 15.6. The topological polar surface area (TPSA) is 199 Å². The normalized spacial score (nSPS) is 12.9. The third kappa shape index (κ3) is 9.75. The van der Waals surface area contributed by atoms with Gasteiger partial charge in [-0.25, -0.2) is 29.3 Å². The zero-order chi connectivity index (χ0) is 39.8. The maximum Gasteiger partial charge on any atom is 0.328 e. The van der Waals surface area contributed by atoms with Gasteiger partial charge < -0.3 is 15.0 Å². The number of unbranched alkanes of at least 4 members (excludes halogenated alkanes) is 3. The number of hydrogen-bond donors (Lipinski definition) is 6. The zero-order valence-corrected chi connectivity index (χ0v) is 35.1. The molecular weight excluding hydrogens is 757 g/mol. The first-order valence-electron chi connectivity index (χ1n) is 19.6. The van der Waals surface area contributed by atoms with E-state index in [1.54, 1.807) is 13.7 Å². The number of aromatic nitrogens is 12. The van der Waals surface area contributed by atoms with Gasteiger partial charge in [-0.1, -0.05) is 104 Å². The van der Waals surface area contributed by atoms with Gasteiger partial charge in [0.2, 0.25) is 0 Å². The van der Waals surface area contributed by atoms with Crippen LogP contribution in [0.25, 0.3) is 33.5 Å². The Morgan fingerprint density at radius 1 is 0.618 bits per heavy atom. The predicted octanol–water partition coefficient (Wildman–Crippen LogP) is 7.78. The molecule has 15 nitrogen and oxygen atoms in total. The summed E-state index contributed by atoms with van der Waals surface area (Å²) in [4.78, 5) is 67.2. The fourth-order valence-electron chi connectivity index (χ4n) is 6.43. The van der Waals surface area contributed by atoms with E-state index in [-0.39, 0.29) is 17.1 Å². The fourth-order valence-corrected chi connectivity index (χ4v) is 7.12. The molecule has 0 bridgehead atoms. The molecule has 6 aromatic heterocycles. The molecule has 0 radical (unpaired) electrons. The lowest BCUT2D eigenvalue weighted by Crippen LogP contribution is -2.25. The predicted molar refractivity (Wildman–Crippen MR) is 226 cm³/mol. The number of fused-ring (bicyclic) bond motifs is 3. The van der Waals surface area contributed by atoms with Crippen molar-refractivity contribution < 1.29 is 0 Å². The Morgan fingerprint density at radius 3 is 1.65 bits per heavy atom. The van der Waals surface area contributed by atoms with Crippen molar-refractivity contribution in [2.24, 2.45) is 5.92 Å². The Labute approximate surface area is 333 Å². The Balaban J connectivity index is 0.000000158. The van der Waals surface area contributed by atoms with Crippen LogP contribution in [0.2, 0.25) is 0 Å². The number of aromatic amines is 6. The molecule has 1 aliphatic rings. The third-order valence-electron chi connectivity index (χ3n) is 9.59. The number of imidazole rings is 3. The largest absolute Gasteiger partial charge is 0.338 e. The second-order valence-electron chi connectivity index (χ2n) is 14.5. The lowest BCUT2D eigenvalue weighted by atomic mass is 9.85. The van der Waals surface area contributed by atoms with Crippen molar-refractivity contribution in [3.63, 3.8) is 0 Å². The van der Waals surface area contributed by atoms with E-state index in [2.05, 4.69) is 72.6 Å². The molecular formula is C37H54N12O3S3. The van der Waals surface area contributed by atoms with Crippen LogP contribution in [0.3, 0.4) is 0 Å². The summed E-state index contributed by atoms with van der Waals surface area (Å²) in [7, 11) is 0. The number of aryl methyl sites for hydroxylation is 4. The zero-order valence-electron chi connectivity index (χ0n) is 32.7. The summed E-state index contributed by atoms with van der Waals surface area (Å²) in [6.45, 7) is 14.5. The minimum Gasteiger partial charge on any atom is -0.338 e. The van der Waals surface area contributed by atoms with E-state index in [1.807, 2.05) is 13.8 Å². The standard InChI is InChI=1S/C13H20N4OS.C12H16N4OS.C12H18N4OS/c1-4-5-6-9-14-10-11(15-9)17(7-8(2)3)13(18)16-12(10)19;1-2-6-16-10-8(11(18)15-12(16)17)13-9(14-10)7-4-3-5-7;1-3-5-6-7-16-10-9(11(18)15-12(16)17)13-8(4-2)14-10/h8H,4-7H2,1-3H3,(H,14,15)(H,16,18,19);7H,2-6H2,1H3,(H,13,14)(H,15,17,18);3-7H2,1-2H3,(H,13,14)(H,15,17,18). The smallest absolute Gasteiger partial charge is 0.328 e. The molecule has 6 heterocycles.